The summed E-state index contributed by atoms with van der Waals surface area (Å²) in [6, 6.07) is 5.59. The van der Waals surface area contributed by atoms with Crippen LogP contribution in [0.5, 0.6) is 0 Å². The molecule has 0 aliphatic carbocycles. The van der Waals surface area contributed by atoms with Crippen LogP contribution in [0.2, 0.25) is 0 Å². The van der Waals surface area contributed by atoms with Crippen LogP contribution in [0.25, 0.3) is 0 Å². The molecule has 0 fully saturated rings. The normalized spacial score (nSPS) is 13.6. The van der Waals surface area contributed by atoms with Crippen LogP contribution in [0.3, 0.4) is 0 Å². The average molecular weight is 441 g/mol. The summed E-state index contributed by atoms with van der Waals surface area (Å²) < 4.78 is 0. The van der Waals surface area contributed by atoms with Crippen molar-refractivity contribution in [3.05, 3.63) is 35.9 Å². The van der Waals surface area contributed by atoms with Crippen LogP contribution in [-0.4, -0.2) is 77.2 Å². The van der Waals surface area contributed by atoms with Crippen LogP contribution in [-0.2, 0) is 25.6 Å². The molecule has 3 unspecified atom stereocenters. The number of thioether (sulfide) groups is 1. The first kappa shape index (κ1) is 25.4. The number of hydrogen-bond donors (Lipinski definition) is 6. The lowest BCUT2D eigenvalue weighted by Crippen LogP contribution is -2.54. The molecule has 7 N–H and O–H groups in total. The second kappa shape index (κ2) is 13.6. The summed E-state index contributed by atoms with van der Waals surface area (Å²) in [6.07, 6.45) is 2.23. The molecule has 3 amide bonds. The molecule has 1 rings (SSSR count). The highest BCUT2D eigenvalue weighted by Crippen LogP contribution is 2.04. The third-order valence-corrected chi connectivity index (χ3v) is 4.76. The molecule has 1 aromatic carbocycles. The van der Waals surface area contributed by atoms with Crippen molar-refractivity contribution in [2.45, 2.75) is 31.0 Å². The lowest BCUT2D eigenvalue weighted by molar-refractivity contribution is -0.141. The second-order valence-corrected chi connectivity index (χ2v) is 7.48. The summed E-state index contributed by atoms with van der Waals surface area (Å²) in [7, 11) is 0. The quantitative estimate of drug-likeness (QED) is 0.214. The molecule has 0 aliphatic heterocycles. The summed E-state index contributed by atoms with van der Waals surface area (Å²) in [6.45, 7) is -1.02. The van der Waals surface area contributed by atoms with Gasteiger partial charge in [-0.1, -0.05) is 30.3 Å². The van der Waals surface area contributed by atoms with Gasteiger partial charge in [0, 0.05) is 6.42 Å². The van der Waals surface area contributed by atoms with Crippen molar-refractivity contribution in [3.8, 4) is 0 Å². The topological polar surface area (TPSA) is 171 Å². The number of amides is 3. The van der Waals surface area contributed by atoms with Gasteiger partial charge in [-0.3, -0.25) is 14.4 Å². The van der Waals surface area contributed by atoms with Crippen molar-refractivity contribution in [2.24, 2.45) is 5.73 Å². The van der Waals surface area contributed by atoms with Gasteiger partial charge >= 0.3 is 5.97 Å². The second-order valence-electron chi connectivity index (χ2n) is 6.50. The first-order valence-corrected chi connectivity index (χ1v) is 10.7. The van der Waals surface area contributed by atoms with E-state index in [0.717, 1.165) is 5.56 Å². The maximum atomic E-state index is 12.4. The molecule has 10 nitrogen and oxygen atoms in total. The van der Waals surface area contributed by atoms with Gasteiger partial charge in [-0.05, 0) is 24.0 Å². The smallest absolute Gasteiger partial charge is 0.326 e. The van der Waals surface area contributed by atoms with Gasteiger partial charge in [-0.2, -0.15) is 11.8 Å². The fourth-order valence-corrected chi connectivity index (χ4v) is 2.92. The predicted molar refractivity (Wildman–Crippen MR) is 113 cm³/mol. The average Bonchev–Trinajstić information content (AvgIpc) is 2.74. The Kier molecular flexibility index (Phi) is 11.5. The van der Waals surface area contributed by atoms with Crippen molar-refractivity contribution >= 4 is 35.5 Å². The maximum absolute atomic E-state index is 12.4. The van der Waals surface area contributed by atoms with Gasteiger partial charge in [-0.25, -0.2) is 4.79 Å². The highest BCUT2D eigenvalue weighted by atomic mass is 32.2. The number of aliphatic hydroxyl groups excluding tert-OH is 1. The summed E-state index contributed by atoms with van der Waals surface area (Å²) in [5, 5.41) is 25.5. The van der Waals surface area contributed by atoms with E-state index in [2.05, 4.69) is 16.0 Å². The third-order valence-electron chi connectivity index (χ3n) is 4.12. The van der Waals surface area contributed by atoms with Crippen molar-refractivity contribution in [1.29, 1.82) is 0 Å². The first-order chi connectivity index (χ1) is 14.3. The Balaban J connectivity index is 2.62. The molecule has 0 spiro atoms. The minimum atomic E-state index is -1.19. The first-order valence-electron chi connectivity index (χ1n) is 9.28. The largest absolute Gasteiger partial charge is 0.480 e. The Bertz CT molecular complexity index is 718. The predicted octanol–water partition coefficient (Wildman–Crippen LogP) is -1.53. The van der Waals surface area contributed by atoms with Crippen LogP contribution in [0.4, 0.5) is 0 Å². The zero-order valence-corrected chi connectivity index (χ0v) is 17.5. The number of carbonyl (C=O) groups excluding carboxylic acids is 3. The fraction of sp³-hybridized carbons (Fsp3) is 0.474. The number of benzene rings is 1. The number of nitrogens with two attached hydrogens (primary N) is 1. The van der Waals surface area contributed by atoms with Crippen LogP contribution in [0.1, 0.15) is 12.0 Å². The number of rotatable bonds is 13. The Morgan fingerprint density at radius 3 is 2.30 bits per heavy atom. The lowest BCUT2D eigenvalue weighted by atomic mass is 10.1. The molecule has 1 aromatic rings. The zero-order valence-electron chi connectivity index (χ0n) is 16.7. The van der Waals surface area contributed by atoms with Crippen molar-refractivity contribution in [2.75, 3.05) is 25.2 Å². The molecule has 11 heteroatoms. The summed E-state index contributed by atoms with van der Waals surface area (Å²) in [4.78, 5) is 47.8. The zero-order chi connectivity index (χ0) is 22.5. The van der Waals surface area contributed by atoms with E-state index in [4.69, 9.17) is 10.8 Å². The highest BCUT2D eigenvalue weighted by Gasteiger charge is 2.25. The molecule has 0 radical (unpaired) electrons. The van der Waals surface area contributed by atoms with Crippen LogP contribution >= 0.6 is 11.8 Å². The minimum Gasteiger partial charge on any atom is -0.480 e. The van der Waals surface area contributed by atoms with Gasteiger partial charge in [-0.15, -0.1) is 0 Å². The van der Waals surface area contributed by atoms with Crippen molar-refractivity contribution < 1.29 is 29.4 Å². The van der Waals surface area contributed by atoms with E-state index < -0.39 is 55.0 Å². The standard InChI is InChI=1S/C19H28N4O6S/c1-30-8-7-14(23-17(26)13(20)11-24)18(27)21-10-16(25)22-15(19(28)29)9-12-5-3-2-4-6-12/h2-6,13-15,24H,7-11,20H2,1H3,(H,21,27)(H,22,25)(H,23,26)(H,28,29). The van der Waals surface area contributed by atoms with E-state index >= 15 is 0 Å². The fourth-order valence-electron chi connectivity index (χ4n) is 2.45. The Labute approximate surface area is 179 Å². The van der Waals surface area contributed by atoms with Gasteiger partial charge < -0.3 is 31.9 Å². The molecule has 0 aliphatic rings. The molecular weight excluding hydrogens is 412 g/mol. The van der Waals surface area contributed by atoms with E-state index in [1.807, 2.05) is 6.26 Å². The van der Waals surface area contributed by atoms with E-state index in [9.17, 15) is 24.3 Å². The Morgan fingerprint density at radius 2 is 1.73 bits per heavy atom. The SMILES string of the molecule is CSCCC(NC(=O)C(N)CO)C(=O)NCC(=O)NC(Cc1ccccc1)C(=O)O. The molecule has 0 heterocycles. The minimum absolute atomic E-state index is 0.0985. The Morgan fingerprint density at radius 1 is 1.07 bits per heavy atom. The maximum Gasteiger partial charge on any atom is 0.326 e. The number of carboxylic acids is 1. The molecule has 30 heavy (non-hydrogen) atoms. The van der Waals surface area contributed by atoms with Crippen LogP contribution < -0.4 is 21.7 Å². The molecule has 166 valence electrons. The van der Waals surface area contributed by atoms with Gasteiger partial charge in [0.2, 0.25) is 17.7 Å². The number of hydrogen-bond acceptors (Lipinski definition) is 7. The van der Waals surface area contributed by atoms with E-state index in [0.29, 0.717) is 12.2 Å². The number of aliphatic hydroxyl groups is 1. The van der Waals surface area contributed by atoms with Gasteiger partial charge in [0.15, 0.2) is 0 Å². The van der Waals surface area contributed by atoms with E-state index in [1.165, 1.54) is 11.8 Å². The molecule has 3 atom stereocenters. The number of aliphatic carboxylic acids is 1. The third kappa shape index (κ3) is 9.25. The van der Waals surface area contributed by atoms with Crippen molar-refractivity contribution in [3.63, 3.8) is 0 Å². The molecule has 0 saturated carbocycles. The number of carbonyl (C=O) groups is 4. The molecular formula is C19H28N4O6S. The van der Waals surface area contributed by atoms with Crippen LogP contribution in [0.15, 0.2) is 30.3 Å². The van der Waals surface area contributed by atoms with Crippen molar-refractivity contribution in [1.82, 2.24) is 16.0 Å². The Hall–Kier alpha value is -2.63. The number of nitrogens with one attached hydrogen (secondary N) is 3. The lowest BCUT2D eigenvalue weighted by Gasteiger charge is -2.20. The van der Waals surface area contributed by atoms with Gasteiger partial charge in [0.05, 0.1) is 13.2 Å². The van der Waals surface area contributed by atoms with E-state index in [-0.39, 0.29) is 6.42 Å². The van der Waals surface area contributed by atoms with E-state index in [1.54, 1.807) is 30.3 Å². The van der Waals surface area contributed by atoms with Gasteiger partial charge in [0.25, 0.3) is 0 Å². The summed E-state index contributed by atoms with van der Waals surface area (Å²) in [5.74, 6) is -2.59. The summed E-state index contributed by atoms with van der Waals surface area (Å²) in [5.41, 5.74) is 6.19. The molecule has 0 aromatic heterocycles. The van der Waals surface area contributed by atoms with Crippen LogP contribution in [0, 0.1) is 0 Å². The monoisotopic (exact) mass is 440 g/mol. The van der Waals surface area contributed by atoms with Gasteiger partial charge in [0.1, 0.15) is 18.1 Å². The number of carboxylic acid groups (broad SMARTS) is 1. The molecule has 0 saturated heterocycles. The molecule has 0 bridgehead atoms. The highest BCUT2D eigenvalue weighted by molar-refractivity contribution is 7.98. The summed E-state index contributed by atoms with van der Waals surface area (Å²) >= 11 is 1.47.